The number of rotatable bonds is 4. The van der Waals surface area contributed by atoms with Crippen LogP contribution in [-0.4, -0.2) is 41.9 Å². The molecule has 160 valence electrons. The van der Waals surface area contributed by atoms with Gasteiger partial charge in [0.2, 0.25) is 5.91 Å². The first kappa shape index (κ1) is 20.8. The van der Waals surface area contributed by atoms with Crippen molar-refractivity contribution in [1.29, 1.82) is 0 Å². The highest BCUT2D eigenvalue weighted by atomic mass is 16.1. The van der Waals surface area contributed by atoms with Crippen LogP contribution >= 0.6 is 0 Å². The molecule has 0 unspecified atom stereocenters. The van der Waals surface area contributed by atoms with E-state index in [9.17, 15) is 4.79 Å². The van der Waals surface area contributed by atoms with E-state index in [0.717, 1.165) is 48.2 Å². The Kier molecular flexibility index (Phi) is 6.32. The number of nitrogens with zero attached hydrogens (tertiary/aromatic N) is 3. The standard InChI is InChI=1S/C24H33N5O/c1-16-8-9-22-18(14-16)15-21(23(25)26-17(2)30)24(28-22)29-12-10-20(11-13-29)27-19-6-4-3-5-7-19/h8-9,14-15,19-20,27H,3-7,10-13H2,1-2H3,(H2,25,26,30). The van der Waals surface area contributed by atoms with Gasteiger partial charge in [-0.3, -0.25) is 4.79 Å². The van der Waals surface area contributed by atoms with Crippen LogP contribution in [0.15, 0.2) is 29.3 Å². The summed E-state index contributed by atoms with van der Waals surface area (Å²) in [6.07, 6.45) is 8.91. The number of aliphatic imine (C=N–C) groups is 1. The molecule has 0 atom stereocenters. The number of carbonyl (C=O) groups is 1. The van der Waals surface area contributed by atoms with Gasteiger partial charge in [0.1, 0.15) is 11.7 Å². The summed E-state index contributed by atoms with van der Waals surface area (Å²) in [6, 6.07) is 9.50. The number of pyridine rings is 1. The lowest BCUT2D eigenvalue weighted by atomic mass is 9.93. The third-order valence-corrected chi connectivity index (χ3v) is 6.38. The molecule has 1 saturated carbocycles. The highest BCUT2D eigenvalue weighted by molar-refractivity contribution is 6.08. The third kappa shape index (κ3) is 4.81. The summed E-state index contributed by atoms with van der Waals surface area (Å²) in [5.74, 6) is 0.791. The average molecular weight is 408 g/mol. The number of piperidine rings is 1. The first-order valence-electron chi connectivity index (χ1n) is 11.3. The SMILES string of the molecule is CC(=O)N=C(N)c1cc2cc(C)ccc2nc1N1CCC(NC2CCCCC2)CC1. The van der Waals surface area contributed by atoms with Gasteiger partial charge in [0, 0.05) is 37.5 Å². The number of nitrogens with one attached hydrogen (secondary N) is 1. The minimum Gasteiger partial charge on any atom is -0.383 e. The van der Waals surface area contributed by atoms with E-state index in [2.05, 4.69) is 34.3 Å². The molecular formula is C24H33N5O. The fourth-order valence-electron chi connectivity index (χ4n) is 4.81. The zero-order valence-corrected chi connectivity index (χ0v) is 18.2. The number of amides is 1. The predicted molar refractivity (Wildman–Crippen MR) is 123 cm³/mol. The van der Waals surface area contributed by atoms with Crippen LogP contribution in [0, 0.1) is 6.92 Å². The van der Waals surface area contributed by atoms with Gasteiger partial charge in [-0.25, -0.2) is 4.98 Å². The maximum absolute atomic E-state index is 11.6. The van der Waals surface area contributed by atoms with E-state index in [-0.39, 0.29) is 11.7 Å². The largest absolute Gasteiger partial charge is 0.383 e. The van der Waals surface area contributed by atoms with Gasteiger partial charge in [-0.05, 0) is 50.8 Å². The second-order valence-corrected chi connectivity index (χ2v) is 8.83. The monoisotopic (exact) mass is 407 g/mol. The fraction of sp³-hybridized carbons (Fsp3) is 0.542. The summed E-state index contributed by atoms with van der Waals surface area (Å²) in [5.41, 5.74) is 9.09. The van der Waals surface area contributed by atoms with Gasteiger partial charge < -0.3 is 16.0 Å². The maximum atomic E-state index is 11.6. The molecule has 0 bridgehead atoms. The molecule has 1 saturated heterocycles. The molecule has 3 N–H and O–H groups in total. The lowest BCUT2D eigenvalue weighted by molar-refractivity contribution is -0.115. The van der Waals surface area contributed by atoms with Crippen molar-refractivity contribution >= 4 is 28.5 Å². The minimum absolute atomic E-state index is 0.246. The highest BCUT2D eigenvalue weighted by Crippen LogP contribution is 2.28. The second kappa shape index (κ2) is 9.13. The van der Waals surface area contributed by atoms with Crippen molar-refractivity contribution in [2.75, 3.05) is 18.0 Å². The molecule has 2 heterocycles. The van der Waals surface area contributed by atoms with Crippen molar-refractivity contribution in [3.05, 3.63) is 35.4 Å². The number of hydrogen-bond acceptors (Lipinski definition) is 4. The number of benzene rings is 1. The van der Waals surface area contributed by atoms with Gasteiger partial charge in [0.15, 0.2) is 0 Å². The van der Waals surface area contributed by atoms with E-state index in [4.69, 9.17) is 10.7 Å². The van der Waals surface area contributed by atoms with E-state index in [0.29, 0.717) is 12.1 Å². The number of aromatic nitrogens is 1. The number of anilines is 1. The van der Waals surface area contributed by atoms with Crippen LogP contribution in [0.2, 0.25) is 0 Å². The Morgan fingerprint density at radius 1 is 1.10 bits per heavy atom. The molecule has 1 aromatic heterocycles. The van der Waals surface area contributed by atoms with E-state index in [1.54, 1.807) is 0 Å². The molecule has 2 aliphatic rings. The molecule has 1 aliphatic heterocycles. The smallest absolute Gasteiger partial charge is 0.244 e. The predicted octanol–water partition coefficient (Wildman–Crippen LogP) is 3.69. The van der Waals surface area contributed by atoms with E-state index >= 15 is 0 Å². The van der Waals surface area contributed by atoms with Crippen LogP contribution in [-0.2, 0) is 4.79 Å². The lowest BCUT2D eigenvalue weighted by Crippen LogP contribution is -2.47. The first-order valence-corrected chi connectivity index (χ1v) is 11.3. The zero-order valence-electron chi connectivity index (χ0n) is 18.2. The van der Waals surface area contributed by atoms with Crippen molar-refractivity contribution in [1.82, 2.24) is 10.3 Å². The second-order valence-electron chi connectivity index (χ2n) is 8.83. The van der Waals surface area contributed by atoms with E-state index in [1.807, 2.05) is 12.1 Å². The van der Waals surface area contributed by atoms with Crippen molar-refractivity contribution in [2.45, 2.75) is 70.9 Å². The van der Waals surface area contributed by atoms with Crippen molar-refractivity contribution < 1.29 is 4.79 Å². The Morgan fingerprint density at radius 2 is 1.80 bits per heavy atom. The Morgan fingerprint density at radius 3 is 2.50 bits per heavy atom. The molecule has 4 rings (SSSR count). The van der Waals surface area contributed by atoms with E-state index < -0.39 is 0 Å². The molecule has 0 radical (unpaired) electrons. The quantitative estimate of drug-likeness (QED) is 0.597. The number of aryl methyl sites for hydroxylation is 1. The maximum Gasteiger partial charge on any atom is 0.244 e. The molecular weight excluding hydrogens is 374 g/mol. The Balaban J connectivity index is 1.56. The number of fused-ring (bicyclic) bond motifs is 1. The molecule has 1 amide bonds. The minimum atomic E-state index is -0.293. The van der Waals surface area contributed by atoms with Crippen molar-refractivity contribution in [2.24, 2.45) is 10.7 Å². The molecule has 6 heteroatoms. The van der Waals surface area contributed by atoms with Crippen molar-refractivity contribution in [3.8, 4) is 0 Å². The summed E-state index contributed by atoms with van der Waals surface area (Å²) >= 11 is 0. The molecule has 2 aromatic rings. The molecule has 0 spiro atoms. The number of carbonyl (C=O) groups excluding carboxylic acids is 1. The van der Waals surface area contributed by atoms with Crippen LogP contribution in [0.1, 0.15) is 63.0 Å². The highest BCUT2D eigenvalue weighted by Gasteiger charge is 2.25. The topological polar surface area (TPSA) is 83.6 Å². The molecule has 1 aromatic carbocycles. The third-order valence-electron chi connectivity index (χ3n) is 6.38. The van der Waals surface area contributed by atoms with Crippen LogP contribution in [0.5, 0.6) is 0 Å². The van der Waals surface area contributed by atoms with Crippen LogP contribution in [0.3, 0.4) is 0 Å². The summed E-state index contributed by atoms with van der Waals surface area (Å²) in [6.45, 7) is 5.34. The first-order chi connectivity index (χ1) is 14.5. The average Bonchev–Trinajstić information content (AvgIpc) is 2.73. The lowest BCUT2D eigenvalue weighted by Gasteiger charge is -2.36. The molecule has 30 heavy (non-hydrogen) atoms. The summed E-state index contributed by atoms with van der Waals surface area (Å²) < 4.78 is 0. The number of amidine groups is 1. The van der Waals surface area contributed by atoms with Crippen LogP contribution in [0.25, 0.3) is 10.9 Å². The van der Waals surface area contributed by atoms with Gasteiger partial charge in [-0.2, -0.15) is 4.99 Å². The fourth-order valence-corrected chi connectivity index (χ4v) is 4.81. The summed E-state index contributed by atoms with van der Waals surface area (Å²) in [5, 5.41) is 4.91. The Bertz CT molecular complexity index is 940. The van der Waals surface area contributed by atoms with E-state index in [1.165, 1.54) is 44.6 Å². The van der Waals surface area contributed by atoms with Crippen LogP contribution < -0.4 is 16.0 Å². The van der Waals surface area contributed by atoms with Crippen molar-refractivity contribution in [3.63, 3.8) is 0 Å². The summed E-state index contributed by atoms with van der Waals surface area (Å²) in [7, 11) is 0. The van der Waals surface area contributed by atoms with Gasteiger partial charge >= 0.3 is 0 Å². The normalized spacial score (nSPS) is 19.4. The number of nitrogens with two attached hydrogens (primary N) is 1. The number of hydrogen-bond donors (Lipinski definition) is 2. The van der Waals surface area contributed by atoms with Crippen LogP contribution in [0.4, 0.5) is 5.82 Å². The van der Waals surface area contributed by atoms with Gasteiger partial charge in [-0.15, -0.1) is 0 Å². The Hall–Kier alpha value is -2.47. The zero-order chi connectivity index (χ0) is 21.1. The molecule has 2 fully saturated rings. The van der Waals surface area contributed by atoms with Gasteiger partial charge in [0.05, 0.1) is 11.1 Å². The Labute approximate surface area is 179 Å². The van der Waals surface area contributed by atoms with Gasteiger partial charge in [-0.1, -0.05) is 30.9 Å². The summed E-state index contributed by atoms with van der Waals surface area (Å²) in [4.78, 5) is 22.8. The molecule has 6 nitrogen and oxygen atoms in total. The molecule has 1 aliphatic carbocycles. The van der Waals surface area contributed by atoms with Gasteiger partial charge in [0.25, 0.3) is 0 Å².